The van der Waals surface area contributed by atoms with Gasteiger partial charge < -0.3 is 15.8 Å². The van der Waals surface area contributed by atoms with Gasteiger partial charge in [0.15, 0.2) is 0 Å². The van der Waals surface area contributed by atoms with Crippen LogP contribution in [-0.2, 0) is 0 Å². The lowest BCUT2D eigenvalue weighted by atomic mass is 9.84. The van der Waals surface area contributed by atoms with Crippen LogP contribution in [0.1, 0.15) is 43.1 Å². The van der Waals surface area contributed by atoms with E-state index >= 15 is 0 Å². The zero-order chi connectivity index (χ0) is 18.9. The predicted molar refractivity (Wildman–Crippen MR) is 124 cm³/mol. The first-order valence-electron chi connectivity index (χ1n) is 9.98. The summed E-state index contributed by atoms with van der Waals surface area (Å²) < 4.78 is 0. The van der Waals surface area contributed by atoms with Crippen molar-refractivity contribution in [3.8, 4) is 11.1 Å². The van der Waals surface area contributed by atoms with Crippen LogP contribution in [0.4, 0.5) is 0 Å². The summed E-state index contributed by atoms with van der Waals surface area (Å²) in [5.41, 5.74) is 5.84. The number of aromatic nitrogens is 3. The lowest BCUT2D eigenvalue weighted by molar-refractivity contribution is 0.300. The van der Waals surface area contributed by atoms with Gasteiger partial charge in [0.2, 0.25) is 0 Å². The van der Waals surface area contributed by atoms with E-state index in [9.17, 15) is 0 Å². The Balaban J connectivity index is 0.00000128. The number of hydrogen-bond acceptors (Lipinski definition) is 3. The maximum Gasteiger partial charge on any atom is 0.132 e. The Morgan fingerprint density at radius 3 is 2.40 bits per heavy atom. The molecule has 30 heavy (non-hydrogen) atoms. The first-order chi connectivity index (χ1) is 13.8. The Bertz CT molecular complexity index is 1080. The number of fused-ring (bicyclic) bond motifs is 1. The lowest BCUT2D eigenvalue weighted by Crippen LogP contribution is -2.38. The molecule has 4 N–H and O–H groups in total. The molecule has 3 atom stereocenters. The van der Waals surface area contributed by atoms with Crippen LogP contribution < -0.4 is 5.32 Å². The first-order valence-corrected chi connectivity index (χ1v) is 9.98. The summed E-state index contributed by atoms with van der Waals surface area (Å²) in [6, 6.07) is 22.3. The molecule has 1 saturated heterocycles. The fraction of sp³-hybridized carbons (Fsp3) is 0.250. The number of hydrogen-bond donors (Lipinski definition) is 2. The van der Waals surface area contributed by atoms with Gasteiger partial charge in [-0.1, -0.05) is 54.6 Å². The van der Waals surface area contributed by atoms with E-state index in [0.717, 1.165) is 29.7 Å². The van der Waals surface area contributed by atoms with E-state index in [2.05, 4.69) is 76.8 Å². The largest absolute Gasteiger partial charge is 0.412 e. The number of rotatable bonds is 3. The summed E-state index contributed by atoms with van der Waals surface area (Å²) in [7, 11) is 0. The van der Waals surface area contributed by atoms with Crippen LogP contribution in [0.25, 0.3) is 22.2 Å². The van der Waals surface area contributed by atoms with E-state index in [4.69, 9.17) is 4.98 Å². The third-order valence-corrected chi connectivity index (χ3v) is 5.75. The van der Waals surface area contributed by atoms with Crippen LogP contribution in [0, 0.1) is 0 Å². The van der Waals surface area contributed by atoms with E-state index in [1.807, 2.05) is 18.5 Å². The van der Waals surface area contributed by atoms with Gasteiger partial charge in [-0.2, -0.15) is 0 Å². The summed E-state index contributed by atoms with van der Waals surface area (Å²) in [5, 5.41) is 3.76. The highest BCUT2D eigenvalue weighted by atomic mass is 35.5. The van der Waals surface area contributed by atoms with Crippen molar-refractivity contribution in [1.82, 2.24) is 20.3 Å². The van der Waals surface area contributed by atoms with E-state index in [0.29, 0.717) is 18.0 Å². The number of aromatic amines is 1. The van der Waals surface area contributed by atoms with Gasteiger partial charge in [-0.25, -0.2) is 9.97 Å². The van der Waals surface area contributed by atoms with Gasteiger partial charge >= 0.3 is 0 Å². The topological polar surface area (TPSA) is 85.1 Å². The Kier molecular flexibility index (Phi) is 6.87. The normalized spacial score (nSPS) is 20.9. The van der Waals surface area contributed by atoms with Crippen molar-refractivity contribution in [3.63, 3.8) is 0 Å². The molecule has 156 valence electrons. The first kappa shape index (κ1) is 22.0. The monoisotopic (exact) mass is 422 g/mol. The molecule has 0 spiro atoms. The minimum Gasteiger partial charge on any atom is -0.412 e. The SMILES string of the molecule is CC1CC(c2ncc3[nH]ccc3n2)CC(c2ccc(-c3ccccc3)cc2)N1.Cl.O. The molecule has 2 aromatic carbocycles. The van der Waals surface area contributed by atoms with E-state index < -0.39 is 0 Å². The highest BCUT2D eigenvalue weighted by Crippen LogP contribution is 2.36. The van der Waals surface area contributed by atoms with E-state index in [-0.39, 0.29) is 17.9 Å². The second kappa shape index (κ2) is 9.39. The predicted octanol–water partition coefficient (Wildman–Crippen LogP) is 4.82. The summed E-state index contributed by atoms with van der Waals surface area (Å²) in [4.78, 5) is 12.6. The highest BCUT2D eigenvalue weighted by Gasteiger charge is 2.29. The molecular weight excluding hydrogens is 396 g/mol. The Hall–Kier alpha value is -2.73. The van der Waals surface area contributed by atoms with Crippen molar-refractivity contribution < 1.29 is 5.48 Å². The summed E-state index contributed by atoms with van der Waals surface area (Å²) >= 11 is 0. The van der Waals surface area contributed by atoms with Crippen molar-refractivity contribution in [2.24, 2.45) is 0 Å². The zero-order valence-electron chi connectivity index (χ0n) is 16.9. The molecule has 0 radical (unpaired) electrons. The quantitative estimate of drug-likeness (QED) is 0.496. The van der Waals surface area contributed by atoms with Gasteiger partial charge in [0.05, 0.1) is 17.2 Å². The smallest absolute Gasteiger partial charge is 0.132 e. The maximum atomic E-state index is 4.81. The fourth-order valence-electron chi connectivity index (χ4n) is 4.32. The van der Waals surface area contributed by atoms with Crippen molar-refractivity contribution in [2.45, 2.75) is 37.8 Å². The average molecular weight is 423 g/mol. The Morgan fingerprint density at radius 1 is 0.900 bits per heavy atom. The third-order valence-electron chi connectivity index (χ3n) is 5.75. The molecule has 1 aliphatic rings. The van der Waals surface area contributed by atoms with Gasteiger partial charge in [-0.3, -0.25) is 0 Å². The third kappa shape index (κ3) is 4.38. The number of piperidine rings is 1. The molecule has 3 heterocycles. The summed E-state index contributed by atoms with van der Waals surface area (Å²) in [6.45, 7) is 2.26. The van der Waals surface area contributed by atoms with E-state index in [1.165, 1.54) is 16.7 Å². The van der Waals surface area contributed by atoms with Crippen LogP contribution in [0.15, 0.2) is 73.1 Å². The number of H-pyrrole nitrogens is 1. The molecule has 0 saturated carbocycles. The molecule has 0 amide bonds. The van der Waals surface area contributed by atoms with Crippen LogP contribution in [0.2, 0.25) is 0 Å². The zero-order valence-corrected chi connectivity index (χ0v) is 17.7. The van der Waals surface area contributed by atoms with Crippen LogP contribution in [0.3, 0.4) is 0 Å². The Labute approximate surface area is 182 Å². The molecule has 0 aliphatic carbocycles. The number of nitrogens with one attached hydrogen (secondary N) is 2. The molecule has 1 aliphatic heterocycles. The standard InChI is InChI=1S/C24H24N4.ClH.H2O/c1-16-13-20(24-26-15-23-21(28-24)11-12-25-23)14-22(27-16)19-9-7-18(8-10-19)17-5-3-2-4-6-17;;/h2-12,15-16,20,22,25,27H,13-14H2,1H3;1H;1H2. The highest BCUT2D eigenvalue weighted by molar-refractivity contribution is 5.85. The van der Waals surface area contributed by atoms with Crippen LogP contribution >= 0.6 is 12.4 Å². The minimum atomic E-state index is 0. The van der Waals surface area contributed by atoms with Gasteiger partial charge in [-0.05, 0) is 42.5 Å². The molecule has 6 heteroatoms. The van der Waals surface area contributed by atoms with Gasteiger partial charge in [0.25, 0.3) is 0 Å². The Morgan fingerprint density at radius 2 is 1.63 bits per heavy atom. The van der Waals surface area contributed by atoms with Crippen LogP contribution in [-0.4, -0.2) is 26.5 Å². The molecular formula is C24H27ClN4O. The molecule has 5 nitrogen and oxygen atoms in total. The number of halogens is 1. The average Bonchev–Trinajstić information content (AvgIpc) is 3.22. The second-order valence-electron chi connectivity index (χ2n) is 7.78. The summed E-state index contributed by atoms with van der Waals surface area (Å²) in [5.74, 6) is 1.33. The van der Waals surface area contributed by atoms with Crippen molar-refractivity contribution in [2.75, 3.05) is 0 Å². The molecule has 5 rings (SSSR count). The molecule has 0 bridgehead atoms. The molecule has 3 unspecified atom stereocenters. The van der Waals surface area contributed by atoms with Crippen molar-refractivity contribution in [1.29, 1.82) is 0 Å². The lowest BCUT2D eigenvalue weighted by Gasteiger charge is -2.34. The summed E-state index contributed by atoms with van der Waals surface area (Å²) in [6.07, 6.45) is 5.92. The van der Waals surface area contributed by atoms with Crippen molar-refractivity contribution >= 4 is 23.4 Å². The van der Waals surface area contributed by atoms with Gasteiger partial charge in [0.1, 0.15) is 5.82 Å². The second-order valence-corrected chi connectivity index (χ2v) is 7.78. The van der Waals surface area contributed by atoms with Gasteiger partial charge in [-0.15, -0.1) is 12.4 Å². The minimum absolute atomic E-state index is 0. The van der Waals surface area contributed by atoms with Crippen LogP contribution in [0.5, 0.6) is 0 Å². The maximum absolute atomic E-state index is 4.81. The number of benzene rings is 2. The number of nitrogens with zero attached hydrogens (tertiary/aromatic N) is 2. The molecule has 2 aromatic heterocycles. The van der Waals surface area contributed by atoms with E-state index in [1.54, 1.807) is 0 Å². The van der Waals surface area contributed by atoms with Gasteiger partial charge in [0, 0.05) is 24.2 Å². The molecule has 4 aromatic rings. The molecule has 1 fully saturated rings. The van der Waals surface area contributed by atoms with Crippen molar-refractivity contribution in [3.05, 3.63) is 84.4 Å². The fourth-order valence-corrected chi connectivity index (χ4v) is 4.32.